The zero-order valence-electron chi connectivity index (χ0n) is 10.5. The molecular weight excluding hydrogens is 258 g/mol. The van der Waals surface area contributed by atoms with E-state index in [4.69, 9.17) is 4.84 Å². The Balaban J connectivity index is 4.36. The van der Waals surface area contributed by atoms with Gasteiger partial charge in [-0.2, -0.15) is 0 Å². The molecule has 0 aromatic rings. The van der Waals surface area contributed by atoms with Crippen LogP contribution in [0.15, 0.2) is 0 Å². The maximum absolute atomic E-state index is 11.7. The van der Waals surface area contributed by atoms with Crippen LogP contribution in [-0.4, -0.2) is 27.9 Å². The van der Waals surface area contributed by atoms with Crippen molar-refractivity contribution in [3.05, 3.63) is 0 Å². The van der Waals surface area contributed by atoms with Crippen LogP contribution in [0.2, 0.25) is 0 Å². The largest absolute Gasteiger partial charge is 0.366 e. The van der Waals surface area contributed by atoms with E-state index in [0.717, 1.165) is 0 Å². The van der Waals surface area contributed by atoms with Gasteiger partial charge in [-0.15, -0.1) is 5.06 Å². The van der Waals surface area contributed by atoms with Gasteiger partial charge in [0.05, 0.1) is 0 Å². The lowest BCUT2D eigenvalue weighted by Crippen LogP contribution is -2.41. The summed E-state index contributed by atoms with van der Waals surface area (Å²) in [5, 5.41) is 1.72. The van der Waals surface area contributed by atoms with Crippen molar-refractivity contribution in [2.75, 3.05) is 0 Å². The van der Waals surface area contributed by atoms with E-state index in [9.17, 15) is 4.79 Å². The van der Waals surface area contributed by atoms with Gasteiger partial charge in [-0.25, -0.2) is 4.79 Å². The number of hydroxylamine groups is 2. The Hall–Kier alpha value is -0.0900. The van der Waals surface area contributed by atoms with Crippen LogP contribution in [0.25, 0.3) is 0 Å². The first-order valence-electron chi connectivity index (χ1n) is 5.41. The Kier molecular flexibility index (Phi) is 6.44. The molecule has 0 aliphatic heterocycles. The van der Waals surface area contributed by atoms with E-state index in [1.807, 2.05) is 41.5 Å². The Bertz CT molecular complexity index is 197. The number of rotatable bonds is 5. The summed E-state index contributed by atoms with van der Waals surface area (Å²) in [4.78, 5) is 16.8. The van der Waals surface area contributed by atoms with Gasteiger partial charge in [-0.1, -0.05) is 29.8 Å². The highest BCUT2D eigenvalue weighted by Crippen LogP contribution is 2.16. The Morgan fingerprint density at radius 3 is 1.73 bits per heavy atom. The normalized spacial score (nSPS) is 14.1. The average molecular weight is 280 g/mol. The third kappa shape index (κ3) is 4.98. The minimum atomic E-state index is -0.238. The fraction of sp³-hybridized carbons (Fsp3) is 0.909. The Labute approximate surface area is 101 Å². The van der Waals surface area contributed by atoms with Gasteiger partial charge in [-0.3, -0.25) is 0 Å². The molecule has 4 heteroatoms. The number of carbonyl (C=O) groups excluding carboxylic acids is 1. The van der Waals surface area contributed by atoms with Crippen LogP contribution in [0, 0.1) is 5.92 Å². The van der Waals surface area contributed by atoms with Crippen molar-refractivity contribution in [2.24, 2.45) is 5.92 Å². The van der Waals surface area contributed by atoms with Gasteiger partial charge in [0.2, 0.25) is 0 Å². The average Bonchev–Trinajstić information content (AvgIpc) is 2.11. The molecule has 0 spiro atoms. The number of hydrogen-bond donors (Lipinski definition) is 0. The van der Waals surface area contributed by atoms with Gasteiger partial charge in [0, 0.05) is 12.1 Å². The molecule has 0 radical (unpaired) electrons. The molecule has 0 aromatic carbocycles. The molecule has 0 amide bonds. The lowest BCUT2D eigenvalue weighted by Gasteiger charge is -2.29. The predicted molar refractivity (Wildman–Crippen MR) is 65.8 cm³/mol. The van der Waals surface area contributed by atoms with Crippen molar-refractivity contribution in [2.45, 2.75) is 58.5 Å². The van der Waals surface area contributed by atoms with E-state index < -0.39 is 0 Å². The topological polar surface area (TPSA) is 29.5 Å². The molecule has 0 aliphatic rings. The number of hydrogen-bond acceptors (Lipinski definition) is 3. The molecule has 0 bridgehead atoms. The second kappa shape index (κ2) is 6.48. The van der Waals surface area contributed by atoms with Gasteiger partial charge >= 0.3 is 5.97 Å². The van der Waals surface area contributed by atoms with Gasteiger partial charge in [0.15, 0.2) is 0 Å². The molecule has 15 heavy (non-hydrogen) atoms. The summed E-state index contributed by atoms with van der Waals surface area (Å²) in [6.45, 7) is 12.0. The van der Waals surface area contributed by atoms with Crippen LogP contribution in [0.5, 0.6) is 0 Å². The minimum absolute atomic E-state index is 0.195. The number of carbonyl (C=O) groups is 1. The summed E-state index contributed by atoms with van der Waals surface area (Å²) in [6, 6.07) is 0.390. The fourth-order valence-corrected chi connectivity index (χ4v) is 1.32. The van der Waals surface area contributed by atoms with Crippen LogP contribution < -0.4 is 0 Å². The summed E-state index contributed by atoms with van der Waals surface area (Å²) in [7, 11) is 0. The Morgan fingerprint density at radius 2 is 1.47 bits per heavy atom. The number of nitrogens with zero attached hydrogens (tertiary/aromatic N) is 1. The maximum atomic E-state index is 11.7. The summed E-state index contributed by atoms with van der Waals surface area (Å²) < 4.78 is 0. The zero-order chi connectivity index (χ0) is 12.2. The smallest absolute Gasteiger partial charge is 0.338 e. The SMILES string of the molecule is CC(C)C(Br)C(=O)ON(C(C)C)C(C)C. The molecular formula is C11H22BrNO2. The third-order valence-electron chi connectivity index (χ3n) is 2.02. The monoisotopic (exact) mass is 279 g/mol. The first-order valence-corrected chi connectivity index (χ1v) is 6.33. The first kappa shape index (κ1) is 14.9. The van der Waals surface area contributed by atoms with Crippen molar-refractivity contribution in [3.63, 3.8) is 0 Å². The van der Waals surface area contributed by atoms with Crippen LogP contribution in [0.3, 0.4) is 0 Å². The molecule has 0 rings (SSSR count). The van der Waals surface area contributed by atoms with E-state index in [1.54, 1.807) is 5.06 Å². The maximum Gasteiger partial charge on any atom is 0.338 e. The fourth-order valence-electron chi connectivity index (χ4n) is 1.23. The lowest BCUT2D eigenvalue weighted by molar-refractivity contribution is -0.209. The van der Waals surface area contributed by atoms with Crippen molar-refractivity contribution >= 4 is 21.9 Å². The quantitative estimate of drug-likeness (QED) is 0.572. The summed E-state index contributed by atoms with van der Waals surface area (Å²) in [5.41, 5.74) is 0. The van der Waals surface area contributed by atoms with E-state index in [0.29, 0.717) is 0 Å². The molecule has 0 heterocycles. The molecule has 0 aromatic heterocycles. The zero-order valence-corrected chi connectivity index (χ0v) is 12.0. The van der Waals surface area contributed by atoms with Crippen LogP contribution >= 0.6 is 15.9 Å². The summed E-state index contributed by atoms with van der Waals surface area (Å²) in [5.74, 6) is 0.0195. The van der Waals surface area contributed by atoms with E-state index in [2.05, 4.69) is 15.9 Å². The molecule has 3 nitrogen and oxygen atoms in total. The Morgan fingerprint density at radius 1 is 1.07 bits per heavy atom. The third-order valence-corrected chi connectivity index (χ3v) is 3.45. The summed E-state index contributed by atoms with van der Waals surface area (Å²) in [6.07, 6.45) is 0. The predicted octanol–water partition coefficient (Wildman–Crippen LogP) is 2.98. The molecule has 1 atom stereocenters. The van der Waals surface area contributed by atoms with Gasteiger partial charge in [-0.05, 0) is 33.6 Å². The standard InChI is InChI=1S/C11H22BrNO2/c1-7(2)10(12)11(14)15-13(8(3)4)9(5)6/h7-10H,1-6H3. The molecule has 90 valence electrons. The van der Waals surface area contributed by atoms with Gasteiger partial charge < -0.3 is 4.84 Å². The van der Waals surface area contributed by atoms with Crippen molar-refractivity contribution in [1.82, 2.24) is 5.06 Å². The van der Waals surface area contributed by atoms with Crippen LogP contribution in [0.4, 0.5) is 0 Å². The van der Waals surface area contributed by atoms with Crippen molar-refractivity contribution in [1.29, 1.82) is 0 Å². The number of halogens is 1. The minimum Gasteiger partial charge on any atom is -0.366 e. The highest BCUT2D eigenvalue weighted by atomic mass is 79.9. The molecule has 0 fully saturated rings. The van der Waals surface area contributed by atoms with E-state index >= 15 is 0 Å². The second-order valence-electron chi connectivity index (χ2n) is 4.60. The van der Waals surface area contributed by atoms with Crippen molar-refractivity contribution in [3.8, 4) is 0 Å². The van der Waals surface area contributed by atoms with Crippen LogP contribution in [-0.2, 0) is 9.63 Å². The molecule has 0 saturated heterocycles. The summed E-state index contributed by atoms with van der Waals surface area (Å²) >= 11 is 3.33. The molecule has 0 saturated carbocycles. The van der Waals surface area contributed by atoms with Gasteiger partial charge in [0.25, 0.3) is 0 Å². The van der Waals surface area contributed by atoms with Crippen molar-refractivity contribution < 1.29 is 9.63 Å². The van der Waals surface area contributed by atoms with E-state index in [1.165, 1.54) is 0 Å². The highest BCUT2D eigenvalue weighted by molar-refractivity contribution is 9.10. The van der Waals surface area contributed by atoms with E-state index in [-0.39, 0.29) is 28.8 Å². The highest BCUT2D eigenvalue weighted by Gasteiger charge is 2.25. The number of alkyl halides is 1. The molecule has 0 N–H and O–H groups in total. The van der Waals surface area contributed by atoms with Gasteiger partial charge in [0.1, 0.15) is 4.83 Å². The molecule has 0 aliphatic carbocycles. The first-order chi connectivity index (χ1) is 6.77. The van der Waals surface area contributed by atoms with Crippen LogP contribution in [0.1, 0.15) is 41.5 Å². The second-order valence-corrected chi connectivity index (χ2v) is 5.59. The molecule has 1 unspecified atom stereocenters. The lowest BCUT2D eigenvalue weighted by atomic mass is 10.1.